The average molecular weight is 179 g/mol. The molecule has 1 heterocycles. The third kappa shape index (κ3) is 1.10. The van der Waals surface area contributed by atoms with Crippen molar-refractivity contribution in [3.63, 3.8) is 0 Å². The maximum absolute atomic E-state index is 11.8. The molecule has 0 aromatic carbocycles. The molecule has 0 radical (unpaired) electrons. The zero-order valence-electron chi connectivity index (χ0n) is 8.13. The van der Waals surface area contributed by atoms with Crippen molar-refractivity contribution in [2.24, 2.45) is 11.3 Å². The van der Waals surface area contributed by atoms with Crippen LogP contribution in [0.4, 0.5) is 0 Å². The van der Waals surface area contributed by atoms with Gasteiger partial charge in [0.15, 0.2) is 5.78 Å². The molecule has 0 amide bonds. The molecule has 70 valence electrons. The molecule has 0 bridgehead atoms. The Kier molecular flexibility index (Phi) is 1.59. The molecule has 1 unspecified atom stereocenters. The zero-order valence-corrected chi connectivity index (χ0v) is 8.13. The van der Waals surface area contributed by atoms with E-state index in [2.05, 4.69) is 19.0 Å². The molecular formula is C10H13NO2. The van der Waals surface area contributed by atoms with Gasteiger partial charge >= 0.3 is 0 Å². The van der Waals surface area contributed by atoms with E-state index < -0.39 is 0 Å². The second-order valence-electron chi connectivity index (χ2n) is 4.41. The van der Waals surface area contributed by atoms with Gasteiger partial charge in [-0.2, -0.15) is 0 Å². The highest BCUT2D eigenvalue weighted by Crippen LogP contribution is 2.38. The van der Waals surface area contributed by atoms with E-state index in [0.29, 0.717) is 5.56 Å². The Bertz CT molecular complexity index is 352. The summed E-state index contributed by atoms with van der Waals surface area (Å²) < 4.78 is 5.04. The smallest absolute Gasteiger partial charge is 0.171 e. The molecule has 0 N–H and O–H groups in total. The maximum Gasteiger partial charge on any atom is 0.171 e. The lowest BCUT2D eigenvalue weighted by atomic mass is 9.69. The lowest BCUT2D eigenvalue weighted by molar-refractivity contribution is 0.0773. The molecule has 1 aliphatic carbocycles. The quantitative estimate of drug-likeness (QED) is 0.612. The Morgan fingerprint density at radius 1 is 1.62 bits per heavy atom. The van der Waals surface area contributed by atoms with Gasteiger partial charge in [-0.15, -0.1) is 0 Å². The molecule has 3 nitrogen and oxygen atoms in total. The first-order valence-electron chi connectivity index (χ1n) is 4.50. The topological polar surface area (TPSA) is 43.1 Å². The van der Waals surface area contributed by atoms with Crippen LogP contribution in [0, 0.1) is 11.3 Å². The fourth-order valence-electron chi connectivity index (χ4n) is 1.75. The summed E-state index contributed by atoms with van der Waals surface area (Å²) in [4.78, 5) is 11.8. The summed E-state index contributed by atoms with van der Waals surface area (Å²) in [5.41, 5.74) is 0.663. The van der Waals surface area contributed by atoms with Crippen molar-refractivity contribution < 1.29 is 9.32 Å². The summed E-state index contributed by atoms with van der Waals surface area (Å²) in [7, 11) is 0. The van der Waals surface area contributed by atoms with E-state index in [-0.39, 0.29) is 17.1 Å². The van der Waals surface area contributed by atoms with Crippen molar-refractivity contribution in [3.8, 4) is 0 Å². The van der Waals surface area contributed by atoms with Crippen LogP contribution in [0.5, 0.6) is 0 Å². The summed E-state index contributed by atoms with van der Waals surface area (Å²) >= 11 is 0. The minimum atomic E-state index is -0.0103. The number of nitrogens with zero attached hydrogens (tertiary/aromatic N) is 1. The van der Waals surface area contributed by atoms with Crippen molar-refractivity contribution in [1.29, 1.82) is 0 Å². The van der Waals surface area contributed by atoms with Gasteiger partial charge in [0.25, 0.3) is 0 Å². The standard InChI is InChI=1S/C10H13NO2/c1-6-9(12)7-5-11-13-8(7)4-10(6,2)3/h5-6H,4H2,1-3H3. The molecule has 1 aromatic rings. The number of Topliss-reactive ketones (excluding diaryl/α,β-unsaturated/α-hetero) is 1. The summed E-state index contributed by atoms with van der Waals surface area (Å²) in [5, 5.41) is 3.66. The molecule has 0 spiro atoms. The average Bonchev–Trinajstić information content (AvgIpc) is 2.47. The molecule has 1 aromatic heterocycles. The van der Waals surface area contributed by atoms with Crippen LogP contribution in [-0.2, 0) is 6.42 Å². The van der Waals surface area contributed by atoms with Crippen molar-refractivity contribution in [3.05, 3.63) is 17.5 Å². The second-order valence-corrected chi connectivity index (χ2v) is 4.41. The first-order valence-corrected chi connectivity index (χ1v) is 4.50. The molecule has 1 aliphatic rings. The Morgan fingerprint density at radius 2 is 2.31 bits per heavy atom. The molecular weight excluding hydrogens is 166 g/mol. The van der Waals surface area contributed by atoms with Crippen LogP contribution >= 0.6 is 0 Å². The fourth-order valence-corrected chi connectivity index (χ4v) is 1.75. The van der Waals surface area contributed by atoms with Gasteiger partial charge in [-0.1, -0.05) is 25.9 Å². The number of hydrogen-bond donors (Lipinski definition) is 0. The summed E-state index contributed by atoms with van der Waals surface area (Å²) in [6.07, 6.45) is 2.33. The number of carbonyl (C=O) groups excluding carboxylic acids is 1. The third-order valence-electron chi connectivity index (χ3n) is 3.09. The minimum absolute atomic E-state index is 0.0103. The molecule has 0 aliphatic heterocycles. The Labute approximate surface area is 77.1 Å². The van der Waals surface area contributed by atoms with E-state index >= 15 is 0 Å². The van der Waals surface area contributed by atoms with E-state index in [9.17, 15) is 4.79 Å². The van der Waals surface area contributed by atoms with Crippen LogP contribution in [-0.4, -0.2) is 10.9 Å². The van der Waals surface area contributed by atoms with Crippen molar-refractivity contribution in [2.75, 3.05) is 0 Å². The Morgan fingerprint density at radius 3 is 3.00 bits per heavy atom. The largest absolute Gasteiger partial charge is 0.361 e. The van der Waals surface area contributed by atoms with Gasteiger partial charge in [0, 0.05) is 12.3 Å². The first-order chi connectivity index (χ1) is 6.02. The van der Waals surface area contributed by atoms with Crippen molar-refractivity contribution in [1.82, 2.24) is 5.16 Å². The van der Waals surface area contributed by atoms with Crippen LogP contribution in [0.3, 0.4) is 0 Å². The summed E-state index contributed by atoms with van der Waals surface area (Å²) in [6.45, 7) is 6.14. The predicted molar refractivity (Wildman–Crippen MR) is 47.5 cm³/mol. The van der Waals surface area contributed by atoms with Gasteiger partial charge in [0.1, 0.15) is 5.76 Å². The Balaban J connectivity index is 2.51. The van der Waals surface area contributed by atoms with Gasteiger partial charge in [0.05, 0.1) is 11.8 Å². The highest BCUT2D eigenvalue weighted by atomic mass is 16.5. The minimum Gasteiger partial charge on any atom is -0.361 e. The second kappa shape index (κ2) is 2.44. The lowest BCUT2D eigenvalue weighted by Gasteiger charge is -2.33. The zero-order chi connectivity index (χ0) is 9.64. The fraction of sp³-hybridized carbons (Fsp3) is 0.600. The third-order valence-corrected chi connectivity index (χ3v) is 3.09. The van der Waals surface area contributed by atoms with Crippen LogP contribution in [0.1, 0.15) is 36.9 Å². The van der Waals surface area contributed by atoms with Crippen LogP contribution in [0.2, 0.25) is 0 Å². The number of rotatable bonds is 0. The van der Waals surface area contributed by atoms with Crippen LogP contribution in [0.15, 0.2) is 10.7 Å². The van der Waals surface area contributed by atoms with E-state index in [4.69, 9.17) is 4.52 Å². The van der Waals surface area contributed by atoms with Crippen molar-refractivity contribution in [2.45, 2.75) is 27.2 Å². The van der Waals surface area contributed by atoms with Crippen LogP contribution in [0.25, 0.3) is 0 Å². The summed E-state index contributed by atoms with van der Waals surface area (Å²) in [6, 6.07) is 0. The van der Waals surface area contributed by atoms with E-state index in [1.807, 2.05) is 6.92 Å². The van der Waals surface area contributed by atoms with Gasteiger partial charge in [-0.25, -0.2) is 0 Å². The highest BCUT2D eigenvalue weighted by Gasteiger charge is 2.40. The summed E-state index contributed by atoms with van der Waals surface area (Å²) in [5.74, 6) is 0.958. The van der Waals surface area contributed by atoms with Crippen LogP contribution < -0.4 is 0 Å². The Hall–Kier alpha value is -1.12. The molecule has 1 atom stereocenters. The number of ketones is 1. The number of carbonyl (C=O) groups is 1. The van der Waals surface area contributed by atoms with Gasteiger partial charge in [0.2, 0.25) is 0 Å². The van der Waals surface area contributed by atoms with E-state index in [1.54, 1.807) is 0 Å². The van der Waals surface area contributed by atoms with Crippen molar-refractivity contribution >= 4 is 5.78 Å². The normalized spacial score (nSPS) is 25.8. The molecule has 13 heavy (non-hydrogen) atoms. The van der Waals surface area contributed by atoms with E-state index in [0.717, 1.165) is 12.2 Å². The van der Waals surface area contributed by atoms with Gasteiger partial charge in [-0.3, -0.25) is 4.79 Å². The van der Waals surface area contributed by atoms with Gasteiger partial charge in [-0.05, 0) is 5.41 Å². The first kappa shape index (κ1) is 8.48. The molecule has 0 fully saturated rings. The number of hydrogen-bond acceptors (Lipinski definition) is 3. The van der Waals surface area contributed by atoms with E-state index in [1.165, 1.54) is 6.20 Å². The SMILES string of the molecule is CC1C(=O)c2cnoc2CC1(C)C. The maximum atomic E-state index is 11.8. The lowest BCUT2D eigenvalue weighted by Crippen LogP contribution is -2.35. The predicted octanol–water partition coefficient (Wildman–Crippen LogP) is 2.08. The molecule has 2 rings (SSSR count). The molecule has 0 saturated carbocycles. The monoisotopic (exact) mass is 179 g/mol. The molecule has 3 heteroatoms. The van der Waals surface area contributed by atoms with Gasteiger partial charge < -0.3 is 4.52 Å². The number of fused-ring (bicyclic) bond motifs is 1. The number of aromatic nitrogens is 1. The highest BCUT2D eigenvalue weighted by molar-refractivity contribution is 5.99. The molecule has 0 saturated heterocycles.